The van der Waals surface area contributed by atoms with Gasteiger partial charge in [0.25, 0.3) is 0 Å². The van der Waals surface area contributed by atoms with Crippen LogP contribution in [0, 0.1) is 0 Å². The highest BCUT2D eigenvalue weighted by Gasteiger charge is 2.06. The summed E-state index contributed by atoms with van der Waals surface area (Å²) in [5, 5.41) is 20.6. The maximum Gasteiger partial charge on any atom is 0.303 e. The molecule has 4 nitrogen and oxygen atoms in total. The molecule has 0 saturated carbocycles. The van der Waals surface area contributed by atoms with Crippen molar-refractivity contribution in [1.82, 2.24) is 0 Å². The van der Waals surface area contributed by atoms with E-state index in [1.54, 1.807) is 11.3 Å². The molecule has 2 N–H and O–H groups in total. The third kappa shape index (κ3) is 4.87. The number of hydrogen-bond donors (Lipinski definition) is 2. The maximum atomic E-state index is 10.3. The number of thiophene rings is 1. The molecule has 0 aliphatic rings. The number of aryl methyl sites for hydroxylation is 1. The van der Waals surface area contributed by atoms with Crippen molar-refractivity contribution in [3.8, 4) is 0 Å². The van der Waals surface area contributed by atoms with Crippen LogP contribution in [-0.4, -0.2) is 22.0 Å². The van der Waals surface area contributed by atoms with Gasteiger partial charge in [-0.1, -0.05) is 18.5 Å². The van der Waals surface area contributed by atoms with E-state index in [0.717, 1.165) is 42.7 Å². The van der Waals surface area contributed by atoms with E-state index < -0.39 is 5.97 Å². The molecule has 1 rings (SSSR count). The highest BCUT2D eigenvalue weighted by atomic mass is 32.1. The van der Waals surface area contributed by atoms with E-state index in [1.807, 2.05) is 13.0 Å². The van der Waals surface area contributed by atoms with Gasteiger partial charge < -0.3 is 10.3 Å². The number of unbranched alkanes of at least 4 members (excludes halogenated alkanes) is 2. The van der Waals surface area contributed by atoms with Crippen molar-refractivity contribution in [3.05, 3.63) is 21.9 Å². The molecular weight excluding hydrogens is 250 g/mol. The normalized spacial score (nSPS) is 11.7. The monoisotopic (exact) mass is 269 g/mol. The molecule has 0 unspecified atom stereocenters. The number of aliphatic carboxylic acids is 1. The van der Waals surface area contributed by atoms with E-state index in [0.29, 0.717) is 0 Å². The van der Waals surface area contributed by atoms with Gasteiger partial charge in [-0.3, -0.25) is 4.79 Å². The molecule has 0 aliphatic heterocycles. The topological polar surface area (TPSA) is 69.9 Å². The Balaban J connectivity index is 2.33. The highest BCUT2D eigenvalue weighted by Crippen LogP contribution is 2.20. The molecule has 1 heterocycles. The fourth-order valence-electron chi connectivity index (χ4n) is 1.71. The summed E-state index contributed by atoms with van der Waals surface area (Å²) in [7, 11) is 0. The van der Waals surface area contributed by atoms with Crippen LogP contribution in [0.15, 0.2) is 17.3 Å². The van der Waals surface area contributed by atoms with Crippen molar-refractivity contribution >= 4 is 23.0 Å². The van der Waals surface area contributed by atoms with E-state index in [4.69, 9.17) is 10.3 Å². The summed E-state index contributed by atoms with van der Waals surface area (Å²) in [5.41, 5.74) is 0.720. The van der Waals surface area contributed by atoms with E-state index >= 15 is 0 Å². The van der Waals surface area contributed by atoms with Crippen LogP contribution >= 0.6 is 11.3 Å². The van der Waals surface area contributed by atoms with Crippen LogP contribution in [0.5, 0.6) is 0 Å². The van der Waals surface area contributed by atoms with Gasteiger partial charge in [0.1, 0.15) is 0 Å². The molecule has 1 aromatic heterocycles. The number of carbonyl (C=O) groups is 1. The number of carboxylic acids is 1. The Labute approximate surface area is 111 Å². The van der Waals surface area contributed by atoms with Gasteiger partial charge in [-0.05, 0) is 37.8 Å². The van der Waals surface area contributed by atoms with E-state index in [1.165, 1.54) is 4.88 Å². The summed E-state index contributed by atoms with van der Waals surface area (Å²) < 4.78 is 0. The summed E-state index contributed by atoms with van der Waals surface area (Å²) in [6.07, 6.45) is 4.62. The minimum absolute atomic E-state index is 0.257. The first-order valence-electron chi connectivity index (χ1n) is 6.19. The van der Waals surface area contributed by atoms with Gasteiger partial charge in [-0.2, -0.15) is 0 Å². The molecule has 0 bridgehead atoms. The quantitative estimate of drug-likeness (QED) is 0.328. The second-order valence-electron chi connectivity index (χ2n) is 4.12. The van der Waals surface area contributed by atoms with Gasteiger partial charge >= 0.3 is 5.97 Å². The molecule has 0 spiro atoms. The second-order valence-corrected chi connectivity index (χ2v) is 5.29. The molecule has 5 heteroatoms. The van der Waals surface area contributed by atoms with E-state index in [-0.39, 0.29) is 6.42 Å². The lowest BCUT2D eigenvalue weighted by Crippen LogP contribution is -1.94. The van der Waals surface area contributed by atoms with E-state index in [9.17, 15) is 4.79 Å². The summed E-state index contributed by atoms with van der Waals surface area (Å²) in [4.78, 5) is 12.6. The fraction of sp³-hybridized carbons (Fsp3) is 0.538. The third-order valence-electron chi connectivity index (χ3n) is 2.72. The lowest BCUT2D eigenvalue weighted by Gasteiger charge is -1.98. The molecule has 18 heavy (non-hydrogen) atoms. The number of oxime groups is 1. The summed E-state index contributed by atoms with van der Waals surface area (Å²) in [5.74, 6) is -0.722. The average Bonchev–Trinajstić information content (AvgIpc) is 2.79. The van der Waals surface area contributed by atoms with Crippen molar-refractivity contribution in [1.29, 1.82) is 0 Å². The number of nitrogens with zero attached hydrogens (tertiary/aromatic N) is 1. The Bertz CT molecular complexity index is 412. The average molecular weight is 269 g/mol. The Hall–Kier alpha value is -1.36. The Morgan fingerprint density at radius 1 is 1.33 bits per heavy atom. The molecule has 0 saturated heterocycles. The van der Waals surface area contributed by atoms with Crippen molar-refractivity contribution in [2.45, 2.75) is 45.4 Å². The molecule has 0 aliphatic carbocycles. The zero-order chi connectivity index (χ0) is 13.4. The van der Waals surface area contributed by atoms with Crippen LogP contribution in [0.3, 0.4) is 0 Å². The largest absolute Gasteiger partial charge is 0.481 e. The summed E-state index contributed by atoms with van der Waals surface area (Å²) >= 11 is 1.65. The zero-order valence-electron chi connectivity index (χ0n) is 10.6. The molecule has 0 amide bonds. The van der Waals surface area contributed by atoms with Gasteiger partial charge in [-0.25, -0.2) is 0 Å². The highest BCUT2D eigenvalue weighted by molar-refractivity contribution is 7.14. The first kappa shape index (κ1) is 14.7. The van der Waals surface area contributed by atoms with Gasteiger partial charge in [-0.15, -0.1) is 11.3 Å². The van der Waals surface area contributed by atoms with E-state index in [2.05, 4.69) is 11.2 Å². The van der Waals surface area contributed by atoms with Crippen molar-refractivity contribution in [3.63, 3.8) is 0 Å². The third-order valence-corrected chi connectivity index (χ3v) is 3.91. The summed E-state index contributed by atoms with van der Waals surface area (Å²) in [6.45, 7) is 1.96. The lowest BCUT2D eigenvalue weighted by atomic mass is 10.1. The smallest absolute Gasteiger partial charge is 0.303 e. The standard InChI is InChI=1S/C13H19NO3S/c1-2-11(14-17)12-9-8-10(18-12)6-4-3-5-7-13(15)16/h8-9,17H,2-7H2,1H3,(H,15,16)/b14-11-. The van der Waals surface area contributed by atoms with Crippen LogP contribution in [-0.2, 0) is 11.2 Å². The predicted octanol–water partition coefficient (Wildman–Crippen LogP) is 3.52. The Kier molecular flexibility index (Phi) is 6.43. The van der Waals surface area contributed by atoms with Gasteiger partial charge in [0, 0.05) is 11.3 Å². The molecular formula is C13H19NO3S. The van der Waals surface area contributed by atoms with Gasteiger partial charge in [0.2, 0.25) is 0 Å². The summed E-state index contributed by atoms with van der Waals surface area (Å²) in [6, 6.07) is 4.04. The van der Waals surface area contributed by atoms with Crippen LogP contribution in [0.2, 0.25) is 0 Å². The number of carboxylic acid groups (broad SMARTS) is 1. The van der Waals surface area contributed by atoms with Gasteiger partial charge in [0.15, 0.2) is 0 Å². The number of rotatable bonds is 8. The first-order chi connectivity index (χ1) is 8.67. The molecule has 100 valence electrons. The first-order valence-corrected chi connectivity index (χ1v) is 7.00. The van der Waals surface area contributed by atoms with Crippen molar-refractivity contribution in [2.75, 3.05) is 0 Å². The van der Waals surface area contributed by atoms with Crippen molar-refractivity contribution in [2.24, 2.45) is 5.16 Å². The fourth-order valence-corrected chi connectivity index (χ4v) is 2.82. The molecule has 1 aromatic rings. The van der Waals surface area contributed by atoms with Crippen molar-refractivity contribution < 1.29 is 15.1 Å². The molecule has 0 atom stereocenters. The number of hydrogen-bond acceptors (Lipinski definition) is 4. The van der Waals surface area contributed by atoms with Crippen LogP contribution in [0.1, 0.15) is 48.8 Å². The SMILES string of the molecule is CC/C(=N/O)c1ccc(CCCCCC(=O)O)s1. The molecule has 0 radical (unpaired) electrons. The Morgan fingerprint density at radius 2 is 2.11 bits per heavy atom. The molecule has 0 aromatic carbocycles. The minimum Gasteiger partial charge on any atom is -0.481 e. The minimum atomic E-state index is -0.722. The zero-order valence-corrected chi connectivity index (χ0v) is 11.4. The second kappa shape index (κ2) is 7.87. The van der Waals surface area contributed by atoms with Gasteiger partial charge in [0.05, 0.1) is 10.6 Å². The predicted molar refractivity (Wildman–Crippen MR) is 72.7 cm³/mol. The molecule has 0 fully saturated rings. The Morgan fingerprint density at radius 3 is 2.72 bits per heavy atom. The van der Waals surface area contributed by atoms with Crippen LogP contribution < -0.4 is 0 Å². The maximum absolute atomic E-state index is 10.3. The lowest BCUT2D eigenvalue weighted by molar-refractivity contribution is -0.137. The van der Waals surface area contributed by atoms with Crippen LogP contribution in [0.4, 0.5) is 0 Å². The van der Waals surface area contributed by atoms with Crippen LogP contribution in [0.25, 0.3) is 0 Å².